The molecule has 170 valence electrons. The van der Waals surface area contributed by atoms with Gasteiger partial charge in [0.05, 0.1) is 24.3 Å². The number of hydrogen-bond acceptors (Lipinski definition) is 2. The lowest BCUT2D eigenvalue weighted by Gasteiger charge is -2.39. The number of Topliss-reactive ketones (excluding diaryl/α,β-unsaturated/α-hetero) is 1. The molecule has 2 aliphatic carbocycles. The summed E-state index contributed by atoms with van der Waals surface area (Å²) in [6.07, 6.45) is 1.77. The number of ketones is 1. The first-order valence-electron chi connectivity index (χ1n) is 10.2. The van der Waals surface area contributed by atoms with Crippen LogP contribution in [0.2, 0.25) is 0 Å². The molecule has 0 spiro atoms. The number of benzene rings is 1. The standard InChI is InChI=1S/C23H24F6O2/c24-22(25,26)18-11-16(12-19(13-18)23(27,28)29)14-31-15-21(17-5-2-1-3-6-17)9-4-7-20(30)8-10-21/h1-3,5,11-13,17H,4,6-10,14-15H2. The van der Waals surface area contributed by atoms with Gasteiger partial charge in [-0.2, -0.15) is 26.3 Å². The van der Waals surface area contributed by atoms with Gasteiger partial charge in [0, 0.05) is 18.3 Å². The van der Waals surface area contributed by atoms with Gasteiger partial charge < -0.3 is 4.74 Å². The molecule has 2 nitrogen and oxygen atoms in total. The van der Waals surface area contributed by atoms with Gasteiger partial charge in [-0.15, -0.1) is 0 Å². The van der Waals surface area contributed by atoms with Gasteiger partial charge in [0.1, 0.15) is 5.78 Å². The number of alkyl halides is 6. The normalized spacial score (nSPS) is 25.0. The lowest BCUT2D eigenvalue weighted by Crippen LogP contribution is -2.34. The molecule has 0 radical (unpaired) electrons. The van der Waals surface area contributed by atoms with Gasteiger partial charge in [-0.1, -0.05) is 24.3 Å². The Morgan fingerprint density at radius 2 is 1.61 bits per heavy atom. The molecule has 1 saturated carbocycles. The molecule has 1 aromatic rings. The fourth-order valence-electron chi connectivity index (χ4n) is 4.41. The SMILES string of the molecule is O=C1CCCC(COCc2cc(C(F)(F)F)cc(C(F)(F)F)c2)(C2C=CC=CC2)CC1. The summed E-state index contributed by atoms with van der Waals surface area (Å²) in [6, 6.07) is 1.50. The zero-order valence-electron chi connectivity index (χ0n) is 16.9. The third-order valence-electron chi connectivity index (χ3n) is 6.10. The van der Waals surface area contributed by atoms with E-state index in [0.717, 1.165) is 12.8 Å². The summed E-state index contributed by atoms with van der Waals surface area (Å²) in [6.45, 7) is -0.199. The average Bonchev–Trinajstić information content (AvgIpc) is 2.89. The molecule has 2 aliphatic rings. The van der Waals surface area contributed by atoms with Crippen molar-refractivity contribution < 1.29 is 35.9 Å². The van der Waals surface area contributed by atoms with E-state index in [1.54, 1.807) is 0 Å². The molecule has 0 aromatic heterocycles. The Kier molecular flexibility index (Phi) is 6.98. The van der Waals surface area contributed by atoms with E-state index in [4.69, 9.17) is 4.74 Å². The zero-order chi connectivity index (χ0) is 22.7. The van der Waals surface area contributed by atoms with Gasteiger partial charge in [0.2, 0.25) is 0 Å². The van der Waals surface area contributed by atoms with Gasteiger partial charge in [0.15, 0.2) is 0 Å². The summed E-state index contributed by atoms with van der Waals surface area (Å²) < 4.78 is 84.2. The third kappa shape index (κ3) is 5.99. The van der Waals surface area contributed by atoms with Crippen molar-refractivity contribution in [3.8, 4) is 0 Å². The minimum absolute atomic E-state index is 0.107. The Morgan fingerprint density at radius 1 is 0.935 bits per heavy atom. The molecule has 1 aromatic carbocycles. The maximum absolute atomic E-state index is 13.1. The second-order valence-electron chi connectivity index (χ2n) is 8.32. The molecule has 0 bridgehead atoms. The van der Waals surface area contributed by atoms with Crippen LogP contribution in [-0.2, 0) is 28.5 Å². The van der Waals surface area contributed by atoms with E-state index in [0.29, 0.717) is 37.8 Å². The fraction of sp³-hybridized carbons (Fsp3) is 0.522. The Labute approximate surface area is 177 Å². The second-order valence-corrected chi connectivity index (χ2v) is 8.32. The van der Waals surface area contributed by atoms with Crippen LogP contribution in [0.5, 0.6) is 0 Å². The Morgan fingerprint density at radius 3 is 2.19 bits per heavy atom. The number of carbonyl (C=O) groups excluding carboxylic acids is 1. The van der Waals surface area contributed by atoms with Crippen LogP contribution in [-0.4, -0.2) is 12.4 Å². The summed E-state index contributed by atoms with van der Waals surface area (Å²) in [5, 5.41) is 0. The predicted octanol–water partition coefficient (Wildman–Crippen LogP) is 6.89. The summed E-state index contributed by atoms with van der Waals surface area (Å²) in [7, 11) is 0. The zero-order valence-corrected chi connectivity index (χ0v) is 16.9. The molecule has 0 N–H and O–H groups in total. The second kappa shape index (κ2) is 9.18. The topological polar surface area (TPSA) is 26.3 Å². The van der Waals surface area contributed by atoms with Crippen molar-refractivity contribution in [3.05, 3.63) is 59.2 Å². The fourth-order valence-corrected chi connectivity index (χ4v) is 4.41. The van der Waals surface area contributed by atoms with Crippen molar-refractivity contribution in [2.24, 2.45) is 11.3 Å². The van der Waals surface area contributed by atoms with Crippen LogP contribution in [0.25, 0.3) is 0 Å². The van der Waals surface area contributed by atoms with Crippen LogP contribution in [0.4, 0.5) is 26.3 Å². The van der Waals surface area contributed by atoms with E-state index in [9.17, 15) is 31.1 Å². The Bertz CT molecular complexity index is 820. The minimum atomic E-state index is -4.89. The van der Waals surface area contributed by atoms with E-state index in [1.807, 2.05) is 24.3 Å². The highest BCUT2D eigenvalue weighted by Crippen LogP contribution is 2.45. The molecule has 31 heavy (non-hydrogen) atoms. The molecule has 2 unspecified atom stereocenters. The molecule has 3 rings (SSSR count). The van der Waals surface area contributed by atoms with Crippen LogP contribution >= 0.6 is 0 Å². The smallest absolute Gasteiger partial charge is 0.376 e. The van der Waals surface area contributed by atoms with E-state index < -0.39 is 23.5 Å². The minimum Gasteiger partial charge on any atom is -0.376 e. The van der Waals surface area contributed by atoms with Crippen molar-refractivity contribution in [2.75, 3.05) is 6.61 Å². The molecule has 0 amide bonds. The van der Waals surface area contributed by atoms with E-state index >= 15 is 0 Å². The number of carbonyl (C=O) groups is 1. The van der Waals surface area contributed by atoms with E-state index in [1.165, 1.54) is 0 Å². The largest absolute Gasteiger partial charge is 0.416 e. The van der Waals surface area contributed by atoms with Gasteiger partial charge in [0.25, 0.3) is 0 Å². The number of rotatable bonds is 5. The number of halogens is 6. The van der Waals surface area contributed by atoms with Crippen molar-refractivity contribution in [1.82, 2.24) is 0 Å². The average molecular weight is 446 g/mol. The van der Waals surface area contributed by atoms with E-state index in [-0.39, 0.29) is 42.0 Å². The lowest BCUT2D eigenvalue weighted by molar-refractivity contribution is -0.143. The van der Waals surface area contributed by atoms with Crippen molar-refractivity contribution in [2.45, 2.75) is 57.5 Å². The summed E-state index contributed by atoms with van der Waals surface area (Å²) in [4.78, 5) is 11.9. The van der Waals surface area contributed by atoms with Crippen LogP contribution < -0.4 is 0 Å². The molecule has 0 saturated heterocycles. The monoisotopic (exact) mass is 446 g/mol. The van der Waals surface area contributed by atoms with Crippen molar-refractivity contribution >= 4 is 5.78 Å². The molecular formula is C23H24F6O2. The number of ether oxygens (including phenoxy) is 1. The van der Waals surface area contributed by atoms with Gasteiger partial charge in [-0.25, -0.2) is 0 Å². The molecule has 2 atom stereocenters. The summed E-state index contributed by atoms with van der Waals surface area (Å²) in [5.41, 5.74) is -3.25. The maximum Gasteiger partial charge on any atom is 0.416 e. The Hall–Kier alpha value is -2.09. The third-order valence-corrected chi connectivity index (χ3v) is 6.10. The summed E-state index contributed by atoms with van der Waals surface area (Å²) >= 11 is 0. The van der Waals surface area contributed by atoms with Gasteiger partial charge >= 0.3 is 12.4 Å². The van der Waals surface area contributed by atoms with Gasteiger partial charge in [-0.05, 0) is 55.4 Å². The molecule has 0 heterocycles. The molecule has 1 fully saturated rings. The quantitative estimate of drug-likeness (QED) is 0.364. The Balaban J connectivity index is 1.79. The van der Waals surface area contributed by atoms with Crippen molar-refractivity contribution in [3.63, 3.8) is 0 Å². The first-order chi connectivity index (χ1) is 14.5. The molecule has 0 aliphatic heterocycles. The van der Waals surface area contributed by atoms with Crippen LogP contribution in [0.1, 0.15) is 55.2 Å². The molecular weight excluding hydrogens is 422 g/mol. The lowest BCUT2D eigenvalue weighted by atomic mass is 9.68. The first-order valence-corrected chi connectivity index (χ1v) is 10.2. The first kappa shape index (κ1) is 23.6. The maximum atomic E-state index is 13.1. The van der Waals surface area contributed by atoms with Crippen molar-refractivity contribution in [1.29, 1.82) is 0 Å². The van der Waals surface area contributed by atoms with Crippen LogP contribution in [0, 0.1) is 11.3 Å². The van der Waals surface area contributed by atoms with E-state index in [2.05, 4.69) is 0 Å². The summed E-state index contributed by atoms with van der Waals surface area (Å²) in [5.74, 6) is 0.278. The van der Waals surface area contributed by atoms with Gasteiger partial charge in [-0.3, -0.25) is 4.79 Å². The predicted molar refractivity (Wildman–Crippen MR) is 103 cm³/mol. The molecule has 8 heteroatoms. The number of allylic oxidation sites excluding steroid dienone is 4. The highest BCUT2D eigenvalue weighted by Gasteiger charge is 2.40. The highest BCUT2D eigenvalue weighted by atomic mass is 19.4. The highest BCUT2D eigenvalue weighted by molar-refractivity contribution is 5.78. The van der Waals surface area contributed by atoms with Crippen LogP contribution in [0.15, 0.2) is 42.5 Å². The number of hydrogen-bond donors (Lipinski definition) is 0. The van der Waals surface area contributed by atoms with Crippen LogP contribution in [0.3, 0.4) is 0 Å².